The Morgan fingerprint density at radius 2 is 1.03 bits per heavy atom. The zero-order valence-electron chi connectivity index (χ0n) is 20.3. The minimum atomic E-state index is 0.815. The SMILES string of the molecule is Cc1cc(N(C)C)ccc1-c1cc(C)c(Cl)c(-c2ccc(N(C)C)cc2C)c1N(C)C. The molecule has 0 spiro atoms. The van der Waals surface area contributed by atoms with Gasteiger partial charge in [-0.15, -0.1) is 0 Å². The Morgan fingerprint density at radius 3 is 1.45 bits per heavy atom. The topological polar surface area (TPSA) is 9.72 Å². The first-order valence-corrected chi connectivity index (χ1v) is 11.0. The lowest BCUT2D eigenvalue weighted by Crippen LogP contribution is -2.13. The normalized spacial score (nSPS) is 10.9. The molecule has 0 aliphatic rings. The average Bonchev–Trinajstić information content (AvgIpc) is 2.69. The third-order valence-corrected chi connectivity index (χ3v) is 6.37. The van der Waals surface area contributed by atoms with Crippen molar-refractivity contribution >= 4 is 28.7 Å². The van der Waals surface area contributed by atoms with E-state index in [0.717, 1.165) is 21.8 Å². The molecule has 0 saturated heterocycles. The minimum absolute atomic E-state index is 0.815. The van der Waals surface area contributed by atoms with Crippen LogP contribution < -0.4 is 14.7 Å². The molecule has 3 rings (SSSR count). The first-order chi connectivity index (χ1) is 14.5. The standard InChI is InChI=1S/C27H34ClN3/c1-17-14-20(29(4)5)10-12-22(17)24-16-19(3)26(28)25(27(24)31(8)9)23-13-11-21(30(6)7)15-18(23)2/h10-16H,1-9H3. The maximum absolute atomic E-state index is 6.97. The fourth-order valence-corrected chi connectivity index (χ4v) is 4.38. The summed E-state index contributed by atoms with van der Waals surface area (Å²) in [7, 11) is 12.5. The van der Waals surface area contributed by atoms with Crippen molar-refractivity contribution < 1.29 is 0 Å². The van der Waals surface area contributed by atoms with Gasteiger partial charge in [0.25, 0.3) is 0 Å². The Morgan fingerprint density at radius 1 is 0.548 bits per heavy atom. The highest BCUT2D eigenvalue weighted by molar-refractivity contribution is 6.35. The van der Waals surface area contributed by atoms with E-state index in [4.69, 9.17) is 11.6 Å². The Bertz CT molecular complexity index is 1110. The molecule has 0 fully saturated rings. The smallest absolute Gasteiger partial charge is 0.0535 e. The van der Waals surface area contributed by atoms with Crippen molar-refractivity contribution in [2.24, 2.45) is 0 Å². The lowest BCUT2D eigenvalue weighted by molar-refractivity contribution is 1.12. The molecule has 0 saturated carbocycles. The van der Waals surface area contributed by atoms with Gasteiger partial charge in [-0.1, -0.05) is 23.7 Å². The molecule has 0 atom stereocenters. The average molecular weight is 436 g/mol. The van der Waals surface area contributed by atoms with E-state index >= 15 is 0 Å². The Hall–Kier alpha value is -2.65. The summed E-state index contributed by atoms with van der Waals surface area (Å²) < 4.78 is 0. The Balaban J connectivity index is 2.34. The molecular weight excluding hydrogens is 402 g/mol. The van der Waals surface area contributed by atoms with E-state index in [9.17, 15) is 0 Å². The molecule has 4 heteroatoms. The third kappa shape index (κ3) is 4.38. The molecule has 0 aromatic heterocycles. The summed E-state index contributed by atoms with van der Waals surface area (Å²) in [6.45, 7) is 6.45. The zero-order valence-corrected chi connectivity index (χ0v) is 21.0. The van der Waals surface area contributed by atoms with Gasteiger partial charge in [-0.25, -0.2) is 0 Å². The molecule has 3 aromatic carbocycles. The van der Waals surface area contributed by atoms with Gasteiger partial charge in [0, 0.05) is 64.8 Å². The van der Waals surface area contributed by atoms with Crippen LogP contribution in [0.5, 0.6) is 0 Å². The molecule has 0 unspecified atom stereocenters. The van der Waals surface area contributed by atoms with E-state index in [1.165, 1.54) is 39.2 Å². The molecule has 0 radical (unpaired) electrons. The van der Waals surface area contributed by atoms with Crippen molar-refractivity contribution in [2.45, 2.75) is 20.8 Å². The van der Waals surface area contributed by atoms with Crippen LogP contribution >= 0.6 is 11.6 Å². The van der Waals surface area contributed by atoms with Gasteiger partial charge < -0.3 is 14.7 Å². The third-order valence-electron chi connectivity index (χ3n) is 5.88. The first kappa shape index (κ1) is 23.0. The summed E-state index contributed by atoms with van der Waals surface area (Å²) in [5.41, 5.74) is 11.8. The van der Waals surface area contributed by atoms with Crippen molar-refractivity contribution in [1.29, 1.82) is 0 Å². The van der Waals surface area contributed by atoms with Crippen LogP contribution in [0.15, 0.2) is 42.5 Å². The van der Waals surface area contributed by atoms with E-state index in [1.54, 1.807) is 0 Å². The summed E-state index contributed by atoms with van der Waals surface area (Å²) >= 11 is 6.97. The monoisotopic (exact) mass is 435 g/mol. The van der Waals surface area contributed by atoms with Crippen LogP contribution in [0.1, 0.15) is 16.7 Å². The van der Waals surface area contributed by atoms with Crippen LogP contribution in [0.25, 0.3) is 22.3 Å². The molecule has 0 amide bonds. The molecule has 164 valence electrons. The van der Waals surface area contributed by atoms with E-state index < -0.39 is 0 Å². The number of hydrogen-bond acceptors (Lipinski definition) is 3. The van der Waals surface area contributed by atoms with E-state index in [1.807, 2.05) is 0 Å². The summed E-state index contributed by atoms with van der Waals surface area (Å²) in [6, 6.07) is 15.5. The maximum Gasteiger partial charge on any atom is 0.0535 e. The van der Waals surface area contributed by atoms with Crippen molar-refractivity contribution in [3.05, 3.63) is 64.2 Å². The second-order valence-corrected chi connectivity index (χ2v) is 9.34. The van der Waals surface area contributed by atoms with Gasteiger partial charge in [-0.2, -0.15) is 0 Å². The quantitative estimate of drug-likeness (QED) is 0.436. The molecule has 31 heavy (non-hydrogen) atoms. The molecule has 0 heterocycles. The van der Waals surface area contributed by atoms with Gasteiger partial charge >= 0.3 is 0 Å². The summed E-state index contributed by atoms with van der Waals surface area (Å²) in [5, 5.41) is 0.815. The molecule has 0 aliphatic carbocycles. The molecule has 0 N–H and O–H groups in total. The fourth-order valence-electron chi connectivity index (χ4n) is 4.13. The Labute approximate surface area is 192 Å². The number of benzene rings is 3. The van der Waals surface area contributed by atoms with Gasteiger partial charge in [0.15, 0.2) is 0 Å². The number of rotatable bonds is 5. The highest BCUT2D eigenvalue weighted by atomic mass is 35.5. The van der Waals surface area contributed by atoms with E-state index in [0.29, 0.717) is 0 Å². The number of hydrogen-bond donors (Lipinski definition) is 0. The maximum atomic E-state index is 6.97. The van der Waals surface area contributed by atoms with Gasteiger partial charge in [-0.05, 0) is 78.9 Å². The second kappa shape index (κ2) is 8.84. The van der Waals surface area contributed by atoms with Gasteiger partial charge in [0.1, 0.15) is 0 Å². The molecular formula is C27H34ClN3. The van der Waals surface area contributed by atoms with Gasteiger partial charge in [0.2, 0.25) is 0 Å². The molecule has 0 aliphatic heterocycles. The summed E-state index contributed by atoms with van der Waals surface area (Å²) in [4.78, 5) is 6.45. The largest absolute Gasteiger partial charge is 0.378 e. The van der Waals surface area contributed by atoms with Crippen LogP contribution in [0, 0.1) is 20.8 Å². The van der Waals surface area contributed by atoms with Crippen molar-refractivity contribution in [2.75, 3.05) is 57.0 Å². The highest BCUT2D eigenvalue weighted by Crippen LogP contribution is 2.47. The van der Waals surface area contributed by atoms with Gasteiger partial charge in [0.05, 0.1) is 10.7 Å². The van der Waals surface area contributed by atoms with Crippen LogP contribution in [0.4, 0.5) is 17.1 Å². The fraction of sp³-hybridized carbons (Fsp3) is 0.333. The number of anilines is 3. The van der Waals surface area contributed by atoms with Crippen molar-refractivity contribution in [1.82, 2.24) is 0 Å². The predicted molar refractivity (Wildman–Crippen MR) is 140 cm³/mol. The van der Waals surface area contributed by atoms with Crippen molar-refractivity contribution in [3.63, 3.8) is 0 Å². The number of nitrogens with zero attached hydrogens (tertiary/aromatic N) is 3. The predicted octanol–water partition coefficient (Wildman–Crippen LogP) is 6.80. The summed E-state index contributed by atoms with van der Waals surface area (Å²) in [5.74, 6) is 0. The number of aryl methyl sites for hydroxylation is 3. The van der Waals surface area contributed by atoms with Crippen LogP contribution in [-0.4, -0.2) is 42.3 Å². The van der Waals surface area contributed by atoms with E-state index in [-0.39, 0.29) is 0 Å². The first-order valence-electron chi connectivity index (χ1n) is 10.6. The Kier molecular flexibility index (Phi) is 6.56. The molecule has 0 bridgehead atoms. The van der Waals surface area contributed by atoms with E-state index in [2.05, 4.69) is 120 Å². The minimum Gasteiger partial charge on any atom is -0.378 e. The second-order valence-electron chi connectivity index (χ2n) is 8.96. The summed E-state index contributed by atoms with van der Waals surface area (Å²) in [6.07, 6.45) is 0. The number of halogens is 1. The lowest BCUT2D eigenvalue weighted by atomic mass is 9.89. The van der Waals surface area contributed by atoms with Crippen LogP contribution in [0.3, 0.4) is 0 Å². The van der Waals surface area contributed by atoms with Crippen LogP contribution in [0.2, 0.25) is 5.02 Å². The van der Waals surface area contributed by atoms with Crippen LogP contribution in [-0.2, 0) is 0 Å². The lowest BCUT2D eigenvalue weighted by Gasteiger charge is -2.27. The zero-order chi connectivity index (χ0) is 23.0. The molecule has 3 aromatic rings. The highest BCUT2D eigenvalue weighted by Gasteiger charge is 2.22. The molecule has 3 nitrogen and oxygen atoms in total. The van der Waals surface area contributed by atoms with Gasteiger partial charge in [-0.3, -0.25) is 0 Å². The van der Waals surface area contributed by atoms with Crippen molar-refractivity contribution in [3.8, 4) is 22.3 Å².